The molecule has 0 saturated carbocycles. The van der Waals surface area contributed by atoms with Crippen LogP contribution in [0.5, 0.6) is 0 Å². The molecule has 0 saturated heterocycles. The number of halogens is 1. The van der Waals surface area contributed by atoms with E-state index in [-0.39, 0.29) is 5.82 Å². The fraction of sp³-hybridized carbons (Fsp3) is 0.333. The maximum Gasteiger partial charge on any atom is 0.134 e. The molecule has 0 bridgehead atoms. The summed E-state index contributed by atoms with van der Waals surface area (Å²) in [5.74, 6) is 1.97. The second-order valence-corrected chi connectivity index (χ2v) is 6.82. The highest BCUT2D eigenvalue weighted by atomic mass is 19.1. The fourth-order valence-corrected chi connectivity index (χ4v) is 3.52. The first-order valence-corrected chi connectivity index (χ1v) is 9.19. The summed E-state index contributed by atoms with van der Waals surface area (Å²) in [6.07, 6.45) is 2.80. The van der Waals surface area contributed by atoms with Gasteiger partial charge in [0.1, 0.15) is 17.5 Å². The zero-order valence-corrected chi connectivity index (χ0v) is 14.8. The highest BCUT2D eigenvalue weighted by Gasteiger charge is 2.18. The molecule has 1 aliphatic rings. The maximum absolute atomic E-state index is 13.1. The zero-order valence-electron chi connectivity index (χ0n) is 14.8. The van der Waals surface area contributed by atoms with Crippen LogP contribution in [0.1, 0.15) is 22.8 Å². The van der Waals surface area contributed by atoms with E-state index in [1.54, 1.807) is 0 Å². The minimum Gasteiger partial charge on any atom is -0.314 e. The van der Waals surface area contributed by atoms with Gasteiger partial charge in [0, 0.05) is 39.0 Å². The van der Waals surface area contributed by atoms with Gasteiger partial charge in [0.05, 0.1) is 0 Å². The number of hydrogen-bond acceptors (Lipinski definition) is 3. The second kappa shape index (κ2) is 7.79. The van der Waals surface area contributed by atoms with E-state index < -0.39 is 0 Å². The maximum atomic E-state index is 13.1. The Bertz CT molecular complexity index is 842. The van der Waals surface area contributed by atoms with Crippen LogP contribution in [0.3, 0.4) is 0 Å². The van der Waals surface area contributed by atoms with Gasteiger partial charge in [-0.25, -0.2) is 4.39 Å². The summed E-state index contributed by atoms with van der Waals surface area (Å²) >= 11 is 0. The molecule has 5 heteroatoms. The molecule has 4 nitrogen and oxygen atoms in total. The molecule has 0 fully saturated rings. The van der Waals surface area contributed by atoms with Gasteiger partial charge in [-0.05, 0) is 29.7 Å². The van der Waals surface area contributed by atoms with Crippen molar-refractivity contribution in [1.29, 1.82) is 0 Å². The molecule has 3 aromatic rings. The van der Waals surface area contributed by atoms with Gasteiger partial charge < -0.3 is 4.57 Å². The molecule has 0 aliphatic carbocycles. The van der Waals surface area contributed by atoms with Gasteiger partial charge >= 0.3 is 0 Å². The van der Waals surface area contributed by atoms with Gasteiger partial charge in [-0.2, -0.15) is 0 Å². The first-order valence-electron chi connectivity index (χ1n) is 9.19. The highest BCUT2D eigenvalue weighted by molar-refractivity contribution is 5.17. The van der Waals surface area contributed by atoms with Crippen LogP contribution in [0.4, 0.5) is 4.39 Å². The summed E-state index contributed by atoms with van der Waals surface area (Å²) in [5, 5.41) is 8.84. The minimum atomic E-state index is -0.182. The lowest BCUT2D eigenvalue weighted by Crippen LogP contribution is -2.26. The number of hydrogen-bond donors (Lipinski definition) is 0. The van der Waals surface area contributed by atoms with E-state index in [4.69, 9.17) is 0 Å². The summed E-state index contributed by atoms with van der Waals surface area (Å²) < 4.78 is 15.4. The van der Waals surface area contributed by atoms with Gasteiger partial charge in [0.15, 0.2) is 0 Å². The van der Waals surface area contributed by atoms with E-state index in [9.17, 15) is 4.39 Å². The molecule has 2 heterocycles. The summed E-state index contributed by atoms with van der Waals surface area (Å²) in [7, 11) is 0. The Balaban J connectivity index is 1.38. The van der Waals surface area contributed by atoms with Crippen molar-refractivity contribution in [3.05, 3.63) is 83.2 Å². The average Bonchev–Trinajstić information content (AvgIpc) is 2.95. The molecule has 26 heavy (non-hydrogen) atoms. The number of rotatable bonds is 5. The van der Waals surface area contributed by atoms with Gasteiger partial charge in [0.25, 0.3) is 0 Å². The standard InChI is InChI=1S/C21H23FN4/c22-19-9-6-18(7-10-19)16-25-13-12-21-24-23-20(26(21)15-14-25)11-8-17-4-2-1-3-5-17/h1-7,9-10H,8,11-16H2. The van der Waals surface area contributed by atoms with Gasteiger partial charge in [-0.15, -0.1) is 10.2 Å². The van der Waals surface area contributed by atoms with E-state index in [0.717, 1.165) is 62.7 Å². The van der Waals surface area contributed by atoms with Crippen LogP contribution in [0, 0.1) is 5.82 Å². The van der Waals surface area contributed by atoms with Crippen molar-refractivity contribution < 1.29 is 4.39 Å². The van der Waals surface area contributed by atoms with Crippen molar-refractivity contribution in [1.82, 2.24) is 19.7 Å². The molecule has 0 spiro atoms. The number of aromatic nitrogens is 3. The Kier molecular flexibility index (Phi) is 5.07. The van der Waals surface area contributed by atoms with Crippen molar-refractivity contribution in [3.63, 3.8) is 0 Å². The molecule has 1 aliphatic heterocycles. The van der Waals surface area contributed by atoms with Gasteiger partial charge in [0.2, 0.25) is 0 Å². The third-order valence-electron chi connectivity index (χ3n) is 5.00. The van der Waals surface area contributed by atoms with Crippen LogP contribution < -0.4 is 0 Å². The van der Waals surface area contributed by atoms with E-state index >= 15 is 0 Å². The fourth-order valence-electron chi connectivity index (χ4n) is 3.52. The van der Waals surface area contributed by atoms with Crippen molar-refractivity contribution in [3.8, 4) is 0 Å². The Hall–Kier alpha value is -2.53. The second-order valence-electron chi connectivity index (χ2n) is 6.82. The third-order valence-corrected chi connectivity index (χ3v) is 5.00. The van der Waals surface area contributed by atoms with E-state index in [1.807, 2.05) is 18.2 Å². The van der Waals surface area contributed by atoms with Crippen molar-refractivity contribution in [2.75, 3.05) is 13.1 Å². The molecular formula is C21H23FN4. The molecule has 0 unspecified atom stereocenters. The predicted octanol–water partition coefficient (Wildman–Crippen LogP) is 3.26. The number of benzene rings is 2. The van der Waals surface area contributed by atoms with E-state index in [1.165, 1.54) is 17.7 Å². The molecule has 0 N–H and O–H groups in total. The minimum absolute atomic E-state index is 0.182. The Labute approximate surface area is 153 Å². The first kappa shape index (κ1) is 16.9. The zero-order chi connectivity index (χ0) is 17.8. The van der Waals surface area contributed by atoms with Crippen LogP contribution in [-0.2, 0) is 32.4 Å². The molecule has 0 amide bonds. The lowest BCUT2D eigenvalue weighted by molar-refractivity contribution is 0.270. The average molecular weight is 350 g/mol. The number of aryl methyl sites for hydroxylation is 2. The molecule has 0 atom stereocenters. The largest absolute Gasteiger partial charge is 0.314 e. The normalized spacial score (nSPS) is 14.8. The molecule has 0 radical (unpaired) electrons. The molecule has 4 rings (SSSR count). The first-order chi connectivity index (χ1) is 12.8. The third kappa shape index (κ3) is 3.99. The molecule has 2 aromatic carbocycles. The Morgan fingerprint density at radius 1 is 0.808 bits per heavy atom. The lowest BCUT2D eigenvalue weighted by Gasteiger charge is -2.19. The van der Waals surface area contributed by atoms with Crippen LogP contribution in [0.15, 0.2) is 54.6 Å². The summed E-state index contributed by atoms with van der Waals surface area (Å²) in [4.78, 5) is 2.41. The summed E-state index contributed by atoms with van der Waals surface area (Å²) in [6.45, 7) is 3.67. The summed E-state index contributed by atoms with van der Waals surface area (Å²) in [5.41, 5.74) is 2.48. The summed E-state index contributed by atoms with van der Waals surface area (Å²) in [6, 6.07) is 17.3. The topological polar surface area (TPSA) is 34.0 Å². The molecule has 134 valence electrons. The van der Waals surface area contributed by atoms with Crippen LogP contribution in [-0.4, -0.2) is 32.8 Å². The highest BCUT2D eigenvalue weighted by Crippen LogP contribution is 2.14. The lowest BCUT2D eigenvalue weighted by atomic mass is 10.1. The molecule has 1 aromatic heterocycles. The van der Waals surface area contributed by atoms with Gasteiger partial charge in [-0.1, -0.05) is 42.5 Å². The SMILES string of the molecule is Fc1ccc(CN2CCc3nnc(CCc4ccccc4)n3CC2)cc1. The molecular weight excluding hydrogens is 327 g/mol. The van der Waals surface area contributed by atoms with Crippen molar-refractivity contribution in [2.45, 2.75) is 32.4 Å². The van der Waals surface area contributed by atoms with Gasteiger partial charge in [-0.3, -0.25) is 4.90 Å². The van der Waals surface area contributed by atoms with E-state index in [2.05, 4.69) is 43.9 Å². The van der Waals surface area contributed by atoms with Crippen molar-refractivity contribution in [2.24, 2.45) is 0 Å². The van der Waals surface area contributed by atoms with E-state index in [0.29, 0.717) is 0 Å². The quantitative estimate of drug-likeness (QED) is 0.708. The number of fused-ring (bicyclic) bond motifs is 1. The predicted molar refractivity (Wildman–Crippen MR) is 99.3 cm³/mol. The van der Waals surface area contributed by atoms with Crippen LogP contribution in [0.25, 0.3) is 0 Å². The van der Waals surface area contributed by atoms with Crippen LogP contribution in [0.2, 0.25) is 0 Å². The Morgan fingerprint density at radius 3 is 2.42 bits per heavy atom. The smallest absolute Gasteiger partial charge is 0.134 e. The number of nitrogens with zero attached hydrogens (tertiary/aromatic N) is 4. The Morgan fingerprint density at radius 2 is 1.62 bits per heavy atom. The van der Waals surface area contributed by atoms with Crippen molar-refractivity contribution >= 4 is 0 Å². The van der Waals surface area contributed by atoms with Crippen LogP contribution >= 0.6 is 0 Å². The monoisotopic (exact) mass is 350 g/mol.